The second-order valence-corrected chi connectivity index (χ2v) is 17.2. The lowest BCUT2D eigenvalue weighted by Crippen LogP contribution is -2.49. The SMILES string of the molecule is C1=C=C(B2c3cc(C4N=C(c5ccccc5)NC(c5cccc(-c6ccccc6)c5)=N4)ccc3-n3c4ccc5ccccc5c4c4cc(N(c5ccccc5)c5ccccc5)cc2c43)C=CC=1. The number of hydrogen-bond acceptors (Lipinski definition) is 4. The van der Waals surface area contributed by atoms with Crippen LogP contribution in [0.3, 0.4) is 0 Å². The van der Waals surface area contributed by atoms with E-state index >= 15 is 0 Å². The molecule has 6 heteroatoms. The lowest BCUT2D eigenvalue weighted by Gasteiger charge is -2.31. The summed E-state index contributed by atoms with van der Waals surface area (Å²) in [4.78, 5) is 13.2. The van der Waals surface area contributed by atoms with E-state index in [9.17, 15) is 0 Å². The summed E-state index contributed by atoms with van der Waals surface area (Å²) in [6.45, 7) is -0.184. The smallest absolute Gasteiger partial charge is 0.257 e. The van der Waals surface area contributed by atoms with E-state index in [2.05, 4.69) is 245 Å². The van der Waals surface area contributed by atoms with E-state index in [4.69, 9.17) is 9.98 Å². The first-order valence-corrected chi connectivity index (χ1v) is 22.8. The molecule has 2 aliphatic heterocycles. The number of fused-ring (bicyclic) bond motifs is 7. The molecular weight excluding hydrogens is 814 g/mol. The van der Waals surface area contributed by atoms with Gasteiger partial charge in [0.05, 0.1) is 5.52 Å². The zero-order chi connectivity index (χ0) is 44.3. The molecular formula is C61H40BN5. The molecule has 9 aromatic carbocycles. The molecule has 1 aliphatic carbocycles. The monoisotopic (exact) mass is 853 g/mol. The van der Waals surface area contributed by atoms with Crippen LogP contribution in [0.25, 0.3) is 49.4 Å². The summed E-state index contributed by atoms with van der Waals surface area (Å²) in [5.74, 6) is 1.56. The second-order valence-electron chi connectivity index (χ2n) is 17.2. The Morgan fingerprint density at radius 1 is 0.522 bits per heavy atom. The molecule has 312 valence electrons. The van der Waals surface area contributed by atoms with Crippen molar-refractivity contribution in [1.29, 1.82) is 0 Å². The van der Waals surface area contributed by atoms with Crippen molar-refractivity contribution in [1.82, 2.24) is 9.88 Å². The van der Waals surface area contributed by atoms with Gasteiger partial charge in [0.1, 0.15) is 11.7 Å². The van der Waals surface area contributed by atoms with Gasteiger partial charge < -0.3 is 14.8 Å². The molecule has 1 N–H and O–H groups in total. The van der Waals surface area contributed by atoms with Crippen LogP contribution >= 0.6 is 0 Å². The quantitative estimate of drug-likeness (QED) is 0.122. The minimum absolute atomic E-state index is 0.184. The number of para-hydroxylation sites is 2. The van der Waals surface area contributed by atoms with Gasteiger partial charge in [0.2, 0.25) is 0 Å². The molecule has 13 rings (SSSR count). The lowest BCUT2D eigenvalue weighted by atomic mass is 9.34. The molecule has 1 unspecified atom stereocenters. The number of hydrogen-bond donors (Lipinski definition) is 1. The van der Waals surface area contributed by atoms with Gasteiger partial charge in [0, 0.05) is 50.2 Å². The summed E-state index contributed by atoms with van der Waals surface area (Å²) in [6.07, 6.45) is 5.69. The molecule has 3 aliphatic rings. The highest BCUT2D eigenvalue weighted by molar-refractivity contribution is 6.94. The average molecular weight is 854 g/mol. The van der Waals surface area contributed by atoms with Crippen molar-refractivity contribution in [2.75, 3.05) is 4.90 Å². The number of amidine groups is 2. The highest BCUT2D eigenvalue weighted by atomic mass is 15.2. The Hall–Kier alpha value is -8.92. The van der Waals surface area contributed by atoms with Crippen LogP contribution in [-0.2, 0) is 0 Å². The third-order valence-electron chi connectivity index (χ3n) is 13.3. The molecule has 0 fully saturated rings. The van der Waals surface area contributed by atoms with Crippen LogP contribution in [0.2, 0.25) is 0 Å². The Balaban J connectivity index is 1.06. The van der Waals surface area contributed by atoms with Gasteiger partial charge in [-0.3, -0.25) is 0 Å². The van der Waals surface area contributed by atoms with Crippen LogP contribution in [0, 0.1) is 0 Å². The fourth-order valence-electron chi connectivity index (χ4n) is 10.3. The Bertz CT molecular complexity index is 3760. The van der Waals surface area contributed by atoms with Gasteiger partial charge in [-0.05, 0) is 105 Å². The van der Waals surface area contributed by atoms with Gasteiger partial charge in [-0.25, -0.2) is 9.98 Å². The van der Waals surface area contributed by atoms with E-state index in [-0.39, 0.29) is 6.71 Å². The van der Waals surface area contributed by atoms with E-state index in [1.807, 2.05) is 12.1 Å². The molecule has 0 spiro atoms. The molecule has 5 nitrogen and oxygen atoms in total. The van der Waals surface area contributed by atoms with Crippen molar-refractivity contribution in [2.45, 2.75) is 6.17 Å². The number of rotatable bonds is 8. The average Bonchev–Trinajstić information content (AvgIpc) is 3.75. The van der Waals surface area contributed by atoms with Crippen molar-refractivity contribution in [2.24, 2.45) is 9.98 Å². The molecule has 10 aromatic rings. The number of benzene rings is 9. The number of aromatic nitrogens is 1. The van der Waals surface area contributed by atoms with Crippen LogP contribution in [0.5, 0.6) is 0 Å². The molecule has 67 heavy (non-hydrogen) atoms. The van der Waals surface area contributed by atoms with Gasteiger partial charge in [-0.15, -0.1) is 0 Å². The Kier molecular flexibility index (Phi) is 9.18. The maximum absolute atomic E-state index is 5.43. The first-order valence-electron chi connectivity index (χ1n) is 22.8. The summed E-state index contributed by atoms with van der Waals surface area (Å²) in [6, 6.07) is 75.9. The maximum atomic E-state index is 5.43. The minimum atomic E-state index is -0.520. The normalized spacial score (nSPS) is 14.7. The second kappa shape index (κ2) is 16.0. The van der Waals surface area contributed by atoms with E-state index in [0.717, 1.165) is 73.2 Å². The molecule has 0 amide bonds. The molecule has 0 bridgehead atoms. The summed E-state index contributed by atoms with van der Waals surface area (Å²) < 4.78 is 2.50. The van der Waals surface area contributed by atoms with Gasteiger partial charge in [0.15, 0.2) is 6.17 Å². The van der Waals surface area contributed by atoms with Crippen LogP contribution in [0.15, 0.2) is 257 Å². The van der Waals surface area contributed by atoms with Gasteiger partial charge >= 0.3 is 0 Å². The summed E-state index contributed by atoms with van der Waals surface area (Å²) >= 11 is 0. The Morgan fingerprint density at radius 3 is 1.91 bits per heavy atom. The van der Waals surface area contributed by atoms with Crippen molar-refractivity contribution in [3.05, 3.63) is 264 Å². The lowest BCUT2D eigenvalue weighted by molar-refractivity contribution is 0.756. The van der Waals surface area contributed by atoms with Crippen molar-refractivity contribution < 1.29 is 0 Å². The third-order valence-corrected chi connectivity index (χ3v) is 13.3. The number of nitrogens with zero attached hydrogens (tertiary/aromatic N) is 4. The van der Waals surface area contributed by atoms with Crippen molar-refractivity contribution >= 4 is 79.0 Å². The molecule has 0 radical (unpaired) electrons. The van der Waals surface area contributed by atoms with E-state index in [1.165, 1.54) is 38.0 Å². The Morgan fingerprint density at radius 2 is 1.18 bits per heavy atom. The predicted molar refractivity (Wildman–Crippen MR) is 280 cm³/mol. The van der Waals surface area contributed by atoms with Crippen molar-refractivity contribution in [3.8, 4) is 16.8 Å². The standard InChI is InChI=1S/C61H40BN5/c1-6-19-41(20-7-1)44-24-18-25-45(37-44)60-63-59(43-22-8-2-9-23-43)64-61(65-60)46-34-35-55-53(38-46)62(47-26-10-3-11-27-47)54-40-50(66(48-28-12-4-13-29-48)49-30-14-5-15-31-49)39-52-57-51-32-17-16-21-42(51)33-36-56(57)67(55)58(52)54/h1-10,12-26,28-40,61H,(H,63,64,65). The minimum Gasteiger partial charge on any atom is -0.324 e. The topological polar surface area (TPSA) is 44.9 Å². The van der Waals surface area contributed by atoms with Crippen LogP contribution in [0.1, 0.15) is 22.9 Å². The van der Waals surface area contributed by atoms with E-state index in [1.54, 1.807) is 0 Å². The van der Waals surface area contributed by atoms with Gasteiger partial charge in [0.25, 0.3) is 6.71 Å². The molecule has 0 saturated heterocycles. The maximum Gasteiger partial charge on any atom is 0.257 e. The number of allylic oxidation sites excluding steroid dienone is 4. The highest BCUT2D eigenvalue weighted by Gasteiger charge is 2.37. The summed E-state index contributed by atoms with van der Waals surface area (Å²) in [5, 5.41) is 8.52. The zero-order valence-corrected chi connectivity index (χ0v) is 36.4. The van der Waals surface area contributed by atoms with Gasteiger partial charge in [-0.2, -0.15) is 0 Å². The number of anilines is 3. The first-order chi connectivity index (χ1) is 33.2. The highest BCUT2D eigenvalue weighted by Crippen LogP contribution is 2.43. The van der Waals surface area contributed by atoms with Gasteiger partial charge in [-0.1, -0.05) is 181 Å². The first kappa shape index (κ1) is 38.5. The van der Waals surface area contributed by atoms with Crippen LogP contribution < -0.4 is 21.1 Å². The van der Waals surface area contributed by atoms with E-state index < -0.39 is 6.17 Å². The Labute approximate surface area is 389 Å². The van der Waals surface area contributed by atoms with Crippen LogP contribution in [-0.4, -0.2) is 23.0 Å². The molecule has 3 heterocycles. The van der Waals surface area contributed by atoms with Crippen LogP contribution in [0.4, 0.5) is 17.1 Å². The number of nitrogens with one attached hydrogen (secondary N) is 1. The summed E-state index contributed by atoms with van der Waals surface area (Å²) in [7, 11) is 0. The largest absolute Gasteiger partial charge is 0.324 e. The molecule has 1 atom stereocenters. The molecule has 0 saturated carbocycles. The predicted octanol–water partition coefficient (Wildman–Crippen LogP) is 12.8. The zero-order valence-electron chi connectivity index (χ0n) is 36.4. The number of aliphatic imine (C=N–C) groups is 2. The summed E-state index contributed by atoms with van der Waals surface area (Å²) in [5.41, 5.74) is 22.4. The fourth-order valence-corrected chi connectivity index (χ4v) is 10.3. The van der Waals surface area contributed by atoms with Crippen molar-refractivity contribution in [3.63, 3.8) is 0 Å². The fraction of sp³-hybridized carbons (Fsp3) is 0.0164. The third kappa shape index (κ3) is 6.59. The molecule has 1 aromatic heterocycles. The van der Waals surface area contributed by atoms with E-state index in [0.29, 0.717) is 0 Å².